The number of para-hydroxylation sites is 2. The first-order valence-electron chi connectivity index (χ1n) is 8.18. The molecule has 8 heteroatoms. The van der Waals surface area contributed by atoms with E-state index < -0.39 is 34.3 Å². The van der Waals surface area contributed by atoms with E-state index >= 15 is 0 Å². The highest BCUT2D eigenvalue weighted by Gasteiger charge is 2.81. The van der Waals surface area contributed by atoms with E-state index in [0.717, 1.165) is 0 Å². The van der Waals surface area contributed by atoms with Crippen LogP contribution in [-0.2, 0) is 14.4 Å². The first-order chi connectivity index (χ1) is 12.1. The molecule has 0 unspecified atom stereocenters. The molecule has 1 saturated carbocycles. The molecular formula is C18H21NO7. The van der Waals surface area contributed by atoms with Crippen molar-refractivity contribution in [3.63, 3.8) is 0 Å². The first-order valence-corrected chi connectivity index (χ1v) is 8.18. The van der Waals surface area contributed by atoms with Gasteiger partial charge in [0.25, 0.3) is 5.91 Å². The standard InChI is InChI=1S/C18H21NO7/c1-16(2,26-12-7-5-4-6-11(12)25-3)13(20)19-9-17(14(21)22)8-18(17,10-19)15(23)24/h4-7H,8-10H2,1-3H3,(H,21,22)(H,23,24)/t17-,18+. The number of likely N-dealkylation sites (tertiary alicyclic amines) is 1. The van der Waals surface area contributed by atoms with Gasteiger partial charge in [-0.05, 0) is 32.4 Å². The number of hydrogen-bond donors (Lipinski definition) is 2. The summed E-state index contributed by atoms with van der Waals surface area (Å²) >= 11 is 0. The molecule has 2 aliphatic rings. The molecule has 2 atom stereocenters. The summed E-state index contributed by atoms with van der Waals surface area (Å²) in [6, 6.07) is 6.86. The molecule has 1 aliphatic heterocycles. The Balaban J connectivity index is 1.81. The quantitative estimate of drug-likeness (QED) is 0.782. The summed E-state index contributed by atoms with van der Waals surface area (Å²) in [5.74, 6) is -1.99. The van der Waals surface area contributed by atoms with Crippen LogP contribution in [0.25, 0.3) is 0 Å². The second-order valence-electron chi connectivity index (χ2n) is 7.38. The highest BCUT2D eigenvalue weighted by molar-refractivity contribution is 5.97. The molecular weight excluding hydrogens is 342 g/mol. The van der Waals surface area contributed by atoms with Crippen molar-refractivity contribution in [3.8, 4) is 11.5 Å². The number of benzene rings is 1. The summed E-state index contributed by atoms with van der Waals surface area (Å²) in [4.78, 5) is 37.5. The van der Waals surface area contributed by atoms with Gasteiger partial charge in [0.2, 0.25) is 0 Å². The number of hydrogen-bond acceptors (Lipinski definition) is 5. The molecule has 1 aromatic rings. The number of aliphatic carboxylic acids is 2. The molecule has 1 saturated heterocycles. The third-order valence-electron chi connectivity index (χ3n) is 5.37. The zero-order valence-electron chi connectivity index (χ0n) is 14.8. The Morgan fingerprint density at radius 3 is 2.00 bits per heavy atom. The predicted octanol–water partition coefficient (Wildman–Crippen LogP) is 1.24. The number of ether oxygens (including phenoxy) is 2. The Kier molecular flexibility index (Phi) is 3.90. The number of carboxylic acids is 2. The van der Waals surface area contributed by atoms with Gasteiger partial charge < -0.3 is 24.6 Å². The molecule has 1 aromatic carbocycles. The van der Waals surface area contributed by atoms with Crippen LogP contribution >= 0.6 is 0 Å². The molecule has 1 heterocycles. The molecule has 1 aliphatic carbocycles. The maximum absolute atomic E-state index is 12.9. The van der Waals surface area contributed by atoms with Crippen LogP contribution in [0.2, 0.25) is 0 Å². The van der Waals surface area contributed by atoms with Gasteiger partial charge in [-0.3, -0.25) is 14.4 Å². The number of carbonyl (C=O) groups excluding carboxylic acids is 1. The maximum atomic E-state index is 12.9. The van der Waals surface area contributed by atoms with Crippen LogP contribution in [-0.4, -0.2) is 58.8 Å². The summed E-state index contributed by atoms with van der Waals surface area (Å²) in [6.45, 7) is 2.86. The van der Waals surface area contributed by atoms with Crippen LogP contribution in [0, 0.1) is 10.8 Å². The SMILES string of the molecule is COc1ccccc1OC(C)(C)C(=O)N1C[C@@]2(C(=O)O)C[C@@]2(C(=O)O)C1. The molecule has 3 rings (SSSR count). The Morgan fingerprint density at radius 1 is 1.04 bits per heavy atom. The van der Waals surface area contributed by atoms with E-state index in [0.29, 0.717) is 11.5 Å². The molecule has 26 heavy (non-hydrogen) atoms. The fraction of sp³-hybridized carbons (Fsp3) is 0.500. The number of rotatable bonds is 6. The number of methoxy groups -OCH3 is 1. The lowest BCUT2D eigenvalue weighted by atomic mass is 9.97. The fourth-order valence-corrected chi connectivity index (χ4v) is 3.83. The zero-order valence-corrected chi connectivity index (χ0v) is 14.8. The lowest BCUT2D eigenvalue weighted by molar-refractivity contribution is -0.151. The minimum atomic E-state index is -1.41. The van der Waals surface area contributed by atoms with Crippen LogP contribution in [0.4, 0.5) is 0 Å². The van der Waals surface area contributed by atoms with Crippen molar-refractivity contribution >= 4 is 17.8 Å². The molecule has 0 spiro atoms. The molecule has 2 fully saturated rings. The number of piperidine rings is 1. The smallest absolute Gasteiger partial charge is 0.312 e. The minimum absolute atomic E-state index is 0.0439. The summed E-state index contributed by atoms with van der Waals surface area (Å²) in [5.41, 5.74) is -4.13. The van der Waals surface area contributed by atoms with E-state index in [-0.39, 0.29) is 19.5 Å². The highest BCUT2D eigenvalue weighted by Crippen LogP contribution is 2.68. The van der Waals surface area contributed by atoms with E-state index in [1.165, 1.54) is 12.0 Å². The van der Waals surface area contributed by atoms with E-state index in [9.17, 15) is 24.6 Å². The van der Waals surface area contributed by atoms with Gasteiger partial charge >= 0.3 is 11.9 Å². The minimum Gasteiger partial charge on any atom is -0.493 e. The van der Waals surface area contributed by atoms with Crippen molar-refractivity contribution in [2.75, 3.05) is 20.2 Å². The van der Waals surface area contributed by atoms with Crippen LogP contribution in [0.15, 0.2) is 24.3 Å². The third-order valence-corrected chi connectivity index (χ3v) is 5.37. The van der Waals surface area contributed by atoms with E-state index in [1.54, 1.807) is 38.1 Å². The maximum Gasteiger partial charge on any atom is 0.312 e. The van der Waals surface area contributed by atoms with Crippen molar-refractivity contribution in [3.05, 3.63) is 24.3 Å². The average molecular weight is 363 g/mol. The molecule has 0 radical (unpaired) electrons. The van der Waals surface area contributed by atoms with Gasteiger partial charge in [-0.1, -0.05) is 12.1 Å². The van der Waals surface area contributed by atoms with Gasteiger partial charge in [0.15, 0.2) is 17.1 Å². The average Bonchev–Trinajstić information content (AvgIpc) is 3.13. The number of carbonyl (C=O) groups is 3. The van der Waals surface area contributed by atoms with Crippen LogP contribution in [0.1, 0.15) is 20.3 Å². The number of nitrogens with zero attached hydrogens (tertiary/aromatic N) is 1. The van der Waals surface area contributed by atoms with Gasteiger partial charge in [-0.2, -0.15) is 0 Å². The number of fused-ring (bicyclic) bond motifs is 1. The number of amides is 1. The Labute approximate surface area is 150 Å². The monoisotopic (exact) mass is 363 g/mol. The number of carboxylic acid groups (broad SMARTS) is 2. The van der Waals surface area contributed by atoms with Gasteiger partial charge in [-0.15, -0.1) is 0 Å². The zero-order chi connectivity index (χ0) is 19.3. The Bertz CT molecular complexity index is 761. The second-order valence-corrected chi connectivity index (χ2v) is 7.38. The molecule has 0 bridgehead atoms. The summed E-state index contributed by atoms with van der Waals surface area (Å²) < 4.78 is 11.0. The molecule has 0 aromatic heterocycles. The Hall–Kier alpha value is -2.77. The topological polar surface area (TPSA) is 113 Å². The van der Waals surface area contributed by atoms with Crippen molar-refractivity contribution in [1.29, 1.82) is 0 Å². The normalized spacial score (nSPS) is 26.8. The van der Waals surface area contributed by atoms with Gasteiger partial charge in [0, 0.05) is 13.1 Å². The van der Waals surface area contributed by atoms with E-state index in [1.807, 2.05) is 0 Å². The van der Waals surface area contributed by atoms with Crippen molar-refractivity contribution < 1.29 is 34.1 Å². The molecule has 2 N–H and O–H groups in total. The van der Waals surface area contributed by atoms with Crippen LogP contribution < -0.4 is 9.47 Å². The highest BCUT2D eigenvalue weighted by atomic mass is 16.5. The molecule has 8 nitrogen and oxygen atoms in total. The summed E-state index contributed by atoms with van der Waals surface area (Å²) in [7, 11) is 1.48. The van der Waals surface area contributed by atoms with Gasteiger partial charge in [0.05, 0.1) is 7.11 Å². The lowest BCUT2D eigenvalue weighted by Crippen LogP contribution is -2.49. The second kappa shape index (κ2) is 5.62. The lowest BCUT2D eigenvalue weighted by Gasteiger charge is -2.31. The fourth-order valence-electron chi connectivity index (χ4n) is 3.83. The summed E-state index contributed by atoms with van der Waals surface area (Å²) in [6.07, 6.45) is 0.0439. The largest absolute Gasteiger partial charge is 0.493 e. The molecule has 140 valence electrons. The van der Waals surface area contributed by atoms with Crippen molar-refractivity contribution in [2.24, 2.45) is 10.8 Å². The van der Waals surface area contributed by atoms with E-state index in [2.05, 4.69) is 0 Å². The van der Waals surface area contributed by atoms with Gasteiger partial charge in [-0.25, -0.2) is 0 Å². The van der Waals surface area contributed by atoms with E-state index in [4.69, 9.17) is 9.47 Å². The summed E-state index contributed by atoms with van der Waals surface area (Å²) in [5, 5.41) is 19.0. The first kappa shape index (κ1) is 18.0. The molecule has 1 amide bonds. The third kappa shape index (κ3) is 2.40. The van der Waals surface area contributed by atoms with Gasteiger partial charge in [0.1, 0.15) is 10.8 Å². The predicted molar refractivity (Wildman–Crippen MR) is 89.0 cm³/mol. The van der Waals surface area contributed by atoms with Crippen LogP contribution in [0.3, 0.4) is 0 Å². The van der Waals surface area contributed by atoms with Crippen LogP contribution in [0.5, 0.6) is 11.5 Å². The van der Waals surface area contributed by atoms with Crippen molar-refractivity contribution in [2.45, 2.75) is 25.9 Å². The van der Waals surface area contributed by atoms with Crippen molar-refractivity contribution in [1.82, 2.24) is 4.90 Å². The Morgan fingerprint density at radius 2 is 1.54 bits per heavy atom.